The molecular formula is C19H17AsCl2N4O4S. The molecule has 2 amide bonds. The number of carbonyl (C=O) groups is 3. The number of thioether (sulfide) groups is 1. The van der Waals surface area contributed by atoms with E-state index in [1.165, 1.54) is 18.2 Å². The van der Waals surface area contributed by atoms with Gasteiger partial charge in [0.05, 0.1) is 0 Å². The van der Waals surface area contributed by atoms with E-state index in [2.05, 4.69) is 32.5 Å². The summed E-state index contributed by atoms with van der Waals surface area (Å²) in [4.78, 5) is 41.9. The summed E-state index contributed by atoms with van der Waals surface area (Å²) in [5.41, 5.74) is 4.78. The Hall–Kier alpha value is -1.77. The van der Waals surface area contributed by atoms with Gasteiger partial charge in [0.1, 0.15) is 0 Å². The zero-order chi connectivity index (χ0) is 22.8. The summed E-state index contributed by atoms with van der Waals surface area (Å²) in [5.74, 6) is -2.57. The number of aromatic nitrogens is 1. The molecule has 1 aliphatic rings. The van der Waals surface area contributed by atoms with Crippen molar-refractivity contribution in [3.8, 4) is 0 Å². The molecule has 1 unspecified atom stereocenters. The summed E-state index contributed by atoms with van der Waals surface area (Å²) in [7, 11) is 0. The summed E-state index contributed by atoms with van der Waals surface area (Å²) in [6, 6.07) is 6.96. The number of carboxylic acid groups (broad SMARTS) is 1. The van der Waals surface area contributed by atoms with Gasteiger partial charge < -0.3 is 5.11 Å². The maximum absolute atomic E-state index is 13.5. The van der Waals surface area contributed by atoms with Gasteiger partial charge >= 0.3 is 180 Å². The number of nitrogens with two attached hydrogens (primary N) is 1. The summed E-state index contributed by atoms with van der Waals surface area (Å²) < 4.78 is 0.760. The molecule has 31 heavy (non-hydrogen) atoms. The van der Waals surface area contributed by atoms with E-state index < -0.39 is 34.6 Å². The third kappa shape index (κ3) is 4.86. The van der Waals surface area contributed by atoms with Crippen molar-refractivity contribution in [2.45, 2.75) is 23.4 Å². The minimum absolute atomic E-state index is 0.0925. The summed E-state index contributed by atoms with van der Waals surface area (Å²) >= 11 is 15.6. The van der Waals surface area contributed by atoms with E-state index in [0.29, 0.717) is 5.56 Å². The number of benzene rings is 1. The van der Waals surface area contributed by atoms with Crippen LogP contribution in [0.25, 0.3) is 0 Å². The van der Waals surface area contributed by atoms with Crippen LogP contribution < -0.4 is 20.8 Å². The normalized spacial score (nSPS) is 20.1. The summed E-state index contributed by atoms with van der Waals surface area (Å²) in [6.45, 7) is 0.0925. The zero-order valence-electron chi connectivity index (χ0n) is 15.8. The third-order valence-electron chi connectivity index (χ3n) is 4.86. The Morgan fingerprint density at radius 3 is 2.58 bits per heavy atom. The second kappa shape index (κ2) is 9.79. The Morgan fingerprint density at radius 1 is 1.29 bits per heavy atom. The van der Waals surface area contributed by atoms with Crippen LogP contribution in [0.1, 0.15) is 11.1 Å². The first-order valence-corrected chi connectivity index (χ1v) is 11.7. The van der Waals surface area contributed by atoms with E-state index in [-0.39, 0.29) is 27.9 Å². The molecule has 1 saturated heterocycles. The molecule has 0 saturated carbocycles. The number of aliphatic carboxylic acids is 1. The van der Waals surface area contributed by atoms with Crippen LogP contribution in [0.3, 0.4) is 0 Å². The predicted molar refractivity (Wildman–Crippen MR) is 120 cm³/mol. The topological polar surface area (TPSA) is 134 Å². The van der Waals surface area contributed by atoms with Crippen molar-refractivity contribution in [3.63, 3.8) is 0 Å². The average Bonchev–Trinajstić information content (AvgIpc) is 3.21. The first-order chi connectivity index (χ1) is 14.7. The molecule has 0 spiro atoms. The quantitative estimate of drug-likeness (QED) is 0.292. The molecule has 1 aliphatic heterocycles. The number of carbonyl (C=O) groups excluding carboxylic acids is 2. The average molecular weight is 543 g/mol. The van der Waals surface area contributed by atoms with Crippen molar-refractivity contribution >= 4 is 74.1 Å². The van der Waals surface area contributed by atoms with E-state index in [9.17, 15) is 19.5 Å². The second-order valence-electron chi connectivity index (χ2n) is 6.78. The minimum atomic E-state index is -1.93. The first-order valence-electron chi connectivity index (χ1n) is 8.94. The molecule has 2 radical (unpaired) electrons. The van der Waals surface area contributed by atoms with Crippen LogP contribution in [0.2, 0.25) is 10.0 Å². The number of amides is 2. The number of halogens is 2. The first kappa shape index (κ1) is 23.9. The Balaban J connectivity index is 2.02. The van der Waals surface area contributed by atoms with E-state index in [0.717, 1.165) is 16.2 Å². The number of pyridine rings is 1. The van der Waals surface area contributed by atoms with E-state index in [1.807, 2.05) is 0 Å². The van der Waals surface area contributed by atoms with Crippen molar-refractivity contribution in [3.05, 3.63) is 57.7 Å². The monoisotopic (exact) mass is 542 g/mol. The van der Waals surface area contributed by atoms with Crippen LogP contribution in [-0.4, -0.2) is 61.9 Å². The van der Waals surface area contributed by atoms with Gasteiger partial charge in [0.2, 0.25) is 0 Å². The fourth-order valence-corrected chi connectivity index (χ4v) is 5.30. The van der Waals surface area contributed by atoms with Gasteiger partial charge in [-0.25, -0.2) is 0 Å². The van der Waals surface area contributed by atoms with Gasteiger partial charge in [-0.1, -0.05) is 11.6 Å². The predicted octanol–water partition coefficient (Wildman–Crippen LogP) is 0.337. The zero-order valence-corrected chi connectivity index (χ0v) is 20.0. The molecule has 8 nitrogen and oxygen atoms in total. The van der Waals surface area contributed by atoms with Crippen LogP contribution >= 0.6 is 35.0 Å². The molecule has 2 aromatic rings. The fourth-order valence-electron chi connectivity index (χ4n) is 3.23. The van der Waals surface area contributed by atoms with E-state index in [4.69, 9.17) is 28.9 Å². The van der Waals surface area contributed by atoms with Crippen LogP contribution in [0.4, 0.5) is 0 Å². The molecular weight excluding hydrogens is 526 g/mol. The second-order valence-corrected chi connectivity index (χ2v) is 9.69. The maximum atomic E-state index is 13.5. The van der Waals surface area contributed by atoms with E-state index >= 15 is 0 Å². The van der Waals surface area contributed by atoms with Crippen molar-refractivity contribution in [1.29, 1.82) is 0 Å². The molecule has 2 heterocycles. The van der Waals surface area contributed by atoms with Crippen LogP contribution in [-0.2, 0) is 26.3 Å². The fraction of sp³-hybridized carbons (Fsp3) is 0.263. The molecule has 5 N–H and O–H groups in total. The van der Waals surface area contributed by atoms with Crippen LogP contribution in [0.15, 0.2) is 36.5 Å². The number of carboxylic acids is 1. The number of primary amides is 1. The molecule has 162 valence electrons. The number of hydrogen-bond donors (Lipinski definition) is 4. The summed E-state index contributed by atoms with van der Waals surface area (Å²) in [5, 5.41) is 14.4. The van der Waals surface area contributed by atoms with Crippen LogP contribution in [0, 0.1) is 0 Å². The van der Waals surface area contributed by atoms with Gasteiger partial charge in [0, 0.05) is 0 Å². The molecule has 1 aromatic heterocycles. The third-order valence-corrected chi connectivity index (χ3v) is 7.50. The molecule has 0 bridgehead atoms. The Morgan fingerprint density at radius 2 is 2.03 bits per heavy atom. The van der Waals surface area contributed by atoms with Gasteiger partial charge in [-0.05, 0) is 0 Å². The SMILES string of the molecule is NC(=O)[C@](C(=O)NCc1ccc([As])nc1)(c1ccc(Cl)c(Cl)c1)C1N[C@@H](C(=O)O)CS1. The van der Waals surface area contributed by atoms with Gasteiger partial charge in [0.15, 0.2) is 0 Å². The molecule has 1 fully saturated rings. The van der Waals surface area contributed by atoms with Gasteiger partial charge in [-0.3, -0.25) is 4.79 Å². The van der Waals surface area contributed by atoms with Gasteiger partial charge in [-0.2, -0.15) is 0 Å². The summed E-state index contributed by atoms with van der Waals surface area (Å²) in [6.07, 6.45) is 1.60. The van der Waals surface area contributed by atoms with Crippen molar-refractivity contribution < 1.29 is 19.5 Å². The number of hydrogen-bond acceptors (Lipinski definition) is 6. The number of nitrogens with zero attached hydrogens (tertiary/aromatic N) is 1. The standard InChI is InChI=1S/C19H17AsCl2N4O4S/c20-14-4-1-9(6-24-14)7-25-17(30)19(16(23)29,10-2-3-11(21)12(22)5-10)18-26-13(8-31-18)15(27)28/h1-6,13,18,26H,7-8H2,(H2,23,29)(H,25,30)(H,27,28)/t13-,18?,19+/m1/s1. The van der Waals surface area contributed by atoms with Gasteiger partial charge in [-0.15, -0.1) is 0 Å². The number of rotatable bonds is 7. The Labute approximate surface area is 201 Å². The van der Waals surface area contributed by atoms with Crippen molar-refractivity contribution in [2.75, 3.05) is 5.75 Å². The van der Waals surface area contributed by atoms with Crippen LogP contribution in [0.5, 0.6) is 0 Å². The molecule has 0 aliphatic carbocycles. The van der Waals surface area contributed by atoms with Crippen molar-refractivity contribution in [1.82, 2.24) is 15.6 Å². The molecule has 1 aromatic carbocycles. The molecule has 3 atom stereocenters. The van der Waals surface area contributed by atoms with E-state index in [1.54, 1.807) is 18.3 Å². The Kier molecular flexibility index (Phi) is 7.54. The van der Waals surface area contributed by atoms with Gasteiger partial charge in [0.25, 0.3) is 0 Å². The number of nitrogens with one attached hydrogen (secondary N) is 2. The van der Waals surface area contributed by atoms with Crippen molar-refractivity contribution in [2.24, 2.45) is 5.73 Å². The Bertz CT molecular complexity index is 1030. The molecule has 12 heteroatoms. The molecule has 3 rings (SSSR count).